The van der Waals surface area contributed by atoms with Crippen LogP contribution < -0.4 is 0 Å². The Morgan fingerprint density at radius 3 is 2.33 bits per heavy atom. The van der Waals surface area contributed by atoms with Crippen molar-refractivity contribution in [1.82, 2.24) is 0 Å². The zero-order valence-electron chi connectivity index (χ0n) is 9.20. The molecule has 0 heterocycles. The van der Waals surface area contributed by atoms with E-state index in [1.807, 2.05) is 6.07 Å². The van der Waals surface area contributed by atoms with E-state index in [0.717, 1.165) is 6.07 Å². The molecule has 0 aliphatic carbocycles. The van der Waals surface area contributed by atoms with Gasteiger partial charge in [-0.1, -0.05) is 30.3 Å². The maximum atomic E-state index is 12.9. The average Bonchev–Trinajstić information content (AvgIpc) is 2.38. The second kappa shape index (κ2) is 4.53. The molecule has 18 heavy (non-hydrogen) atoms. The minimum absolute atomic E-state index is 0.0853. The number of alkyl halides is 3. The van der Waals surface area contributed by atoms with Crippen molar-refractivity contribution in [1.29, 1.82) is 5.26 Å². The number of hydrogen-bond donors (Lipinski definition) is 0. The Hall–Kier alpha value is -2.28. The first-order chi connectivity index (χ1) is 8.52. The van der Waals surface area contributed by atoms with Crippen LogP contribution in [0.25, 0.3) is 11.1 Å². The van der Waals surface area contributed by atoms with Gasteiger partial charge in [0.1, 0.15) is 0 Å². The average molecular weight is 247 g/mol. The maximum absolute atomic E-state index is 12.9. The van der Waals surface area contributed by atoms with Crippen molar-refractivity contribution in [3.63, 3.8) is 0 Å². The van der Waals surface area contributed by atoms with Crippen molar-refractivity contribution in [2.45, 2.75) is 6.18 Å². The first kappa shape index (κ1) is 12.2. The summed E-state index contributed by atoms with van der Waals surface area (Å²) in [6.45, 7) is 0. The highest BCUT2D eigenvalue weighted by Gasteiger charge is 2.33. The quantitative estimate of drug-likeness (QED) is 0.739. The Kier molecular flexibility index (Phi) is 3.07. The van der Waals surface area contributed by atoms with E-state index in [-0.39, 0.29) is 5.56 Å². The van der Waals surface area contributed by atoms with Gasteiger partial charge in [-0.05, 0) is 29.3 Å². The fourth-order valence-electron chi connectivity index (χ4n) is 1.74. The highest BCUT2D eigenvalue weighted by Crippen LogP contribution is 2.36. The monoisotopic (exact) mass is 247 g/mol. The largest absolute Gasteiger partial charge is 0.417 e. The fourth-order valence-corrected chi connectivity index (χ4v) is 1.74. The molecule has 90 valence electrons. The van der Waals surface area contributed by atoms with Crippen LogP contribution in [-0.4, -0.2) is 0 Å². The number of benzene rings is 2. The van der Waals surface area contributed by atoms with Gasteiger partial charge in [-0.2, -0.15) is 18.4 Å². The summed E-state index contributed by atoms with van der Waals surface area (Å²) in [5.74, 6) is 0. The highest BCUT2D eigenvalue weighted by molar-refractivity contribution is 5.69. The molecule has 0 saturated carbocycles. The van der Waals surface area contributed by atoms with Crippen molar-refractivity contribution in [3.05, 3.63) is 59.7 Å². The molecule has 2 aromatic rings. The number of rotatable bonds is 1. The molecular weight excluding hydrogens is 239 g/mol. The topological polar surface area (TPSA) is 23.8 Å². The van der Waals surface area contributed by atoms with E-state index in [4.69, 9.17) is 5.26 Å². The molecule has 0 N–H and O–H groups in total. The lowest BCUT2D eigenvalue weighted by atomic mass is 9.98. The minimum atomic E-state index is -4.40. The molecule has 2 rings (SSSR count). The van der Waals surface area contributed by atoms with Gasteiger partial charge < -0.3 is 0 Å². The first-order valence-corrected chi connectivity index (χ1v) is 5.19. The van der Waals surface area contributed by atoms with E-state index in [2.05, 4.69) is 0 Å². The van der Waals surface area contributed by atoms with Crippen LogP contribution in [0.2, 0.25) is 0 Å². The molecule has 0 aromatic heterocycles. The van der Waals surface area contributed by atoms with Gasteiger partial charge >= 0.3 is 6.18 Å². The summed E-state index contributed by atoms with van der Waals surface area (Å²) in [7, 11) is 0. The molecule has 0 fully saturated rings. The van der Waals surface area contributed by atoms with Crippen molar-refractivity contribution < 1.29 is 13.2 Å². The normalized spacial score (nSPS) is 11.0. The number of nitrogens with zero attached hydrogens (tertiary/aromatic N) is 1. The van der Waals surface area contributed by atoms with Crippen LogP contribution in [-0.2, 0) is 6.18 Å². The lowest BCUT2D eigenvalue weighted by Crippen LogP contribution is -2.06. The van der Waals surface area contributed by atoms with E-state index in [1.54, 1.807) is 24.3 Å². The molecule has 0 saturated heterocycles. The summed E-state index contributed by atoms with van der Waals surface area (Å²) in [5.41, 5.74) is 0.119. The molecule has 0 aliphatic rings. The molecule has 0 atom stereocenters. The van der Waals surface area contributed by atoms with Crippen LogP contribution in [0.3, 0.4) is 0 Å². The summed E-state index contributed by atoms with van der Waals surface area (Å²) >= 11 is 0. The standard InChI is InChI=1S/C14H8F3N/c15-14(16,17)13-7-2-1-6-12(13)11-5-3-4-10(8-11)9-18/h1-8H. The Bertz CT molecular complexity index is 609. The van der Waals surface area contributed by atoms with Crippen molar-refractivity contribution in [2.75, 3.05) is 0 Å². The molecule has 0 spiro atoms. The van der Waals surface area contributed by atoms with Gasteiger partial charge in [0, 0.05) is 0 Å². The molecule has 2 aromatic carbocycles. The van der Waals surface area contributed by atoms with E-state index < -0.39 is 11.7 Å². The molecular formula is C14H8F3N. The van der Waals surface area contributed by atoms with Crippen molar-refractivity contribution in [2.24, 2.45) is 0 Å². The van der Waals surface area contributed by atoms with Crippen LogP contribution in [0.5, 0.6) is 0 Å². The Morgan fingerprint density at radius 2 is 1.67 bits per heavy atom. The third kappa shape index (κ3) is 2.35. The molecule has 4 heteroatoms. The summed E-state index contributed by atoms with van der Waals surface area (Å²) < 4.78 is 38.6. The predicted molar refractivity (Wildman–Crippen MR) is 61.6 cm³/mol. The van der Waals surface area contributed by atoms with Gasteiger partial charge in [-0.15, -0.1) is 0 Å². The van der Waals surface area contributed by atoms with E-state index in [1.165, 1.54) is 18.2 Å². The third-order valence-electron chi connectivity index (χ3n) is 2.54. The van der Waals surface area contributed by atoms with Gasteiger partial charge in [0.2, 0.25) is 0 Å². The van der Waals surface area contributed by atoms with Gasteiger partial charge in [0.15, 0.2) is 0 Å². The van der Waals surface area contributed by atoms with Crippen LogP contribution in [0.4, 0.5) is 13.2 Å². The zero-order chi connectivity index (χ0) is 13.2. The van der Waals surface area contributed by atoms with Crippen molar-refractivity contribution >= 4 is 0 Å². The Balaban J connectivity index is 2.61. The molecule has 0 amide bonds. The third-order valence-corrected chi connectivity index (χ3v) is 2.54. The smallest absolute Gasteiger partial charge is 0.192 e. The number of nitriles is 1. The van der Waals surface area contributed by atoms with Crippen LogP contribution in [0.1, 0.15) is 11.1 Å². The molecule has 0 bridgehead atoms. The Morgan fingerprint density at radius 1 is 0.944 bits per heavy atom. The first-order valence-electron chi connectivity index (χ1n) is 5.19. The zero-order valence-corrected chi connectivity index (χ0v) is 9.20. The van der Waals surface area contributed by atoms with Crippen LogP contribution >= 0.6 is 0 Å². The molecule has 0 aliphatic heterocycles. The summed E-state index contributed by atoms with van der Waals surface area (Å²) in [5, 5.41) is 8.77. The van der Waals surface area contributed by atoms with Gasteiger partial charge in [0.25, 0.3) is 0 Å². The van der Waals surface area contributed by atoms with Gasteiger partial charge in [-0.25, -0.2) is 0 Å². The maximum Gasteiger partial charge on any atom is 0.417 e. The second-order valence-corrected chi connectivity index (χ2v) is 3.74. The SMILES string of the molecule is N#Cc1cccc(-c2ccccc2C(F)(F)F)c1. The van der Waals surface area contributed by atoms with E-state index in [0.29, 0.717) is 11.1 Å². The summed E-state index contributed by atoms with van der Waals surface area (Å²) in [4.78, 5) is 0. The van der Waals surface area contributed by atoms with Gasteiger partial charge in [-0.3, -0.25) is 0 Å². The van der Waals surface area contributed by atoms with E-state index in [9.17, 15) is 13.2 Å². The molecule has 0 radical (unpaired) electrons. The summed E-state index contributed by atoms with van der Waals surface area (Å²) in [6.07, 6.45) is -4.40. The van der Waals surface area contributed by atoms with Crippen molar-refractivity contribution in [3.8, 4) is 17.2 Å². The lowest BCUT2D eigenvalue weighted by Gasteiger charge is -2.12. The Labute approximate surface area is 102 Å². The highest BCUT2D eigenvalue weighted by atomic mass is 19.4. The molecule has 1 nitrogen and oxygen atoms in total. The predicted octanol–water partition coefficient (Wildman–Crippen LogP) is 4.24. The van der Waals surface area contributed by atoms with Crippen LogP contribution in [0.15, 0.2) is 48.5 Å². The van der Waals surface area contributed by atoms with E-state index >= 15 is 0 Å². The summed E-state index contributed by atoms with van der Waals surface area (Å²) in [6, 6.07) is 13.4. The van der Waals surface area contributed by atoms with Crippen LogP contribution in [0, 0.1) is 11.3 Å². The second-order valence-electron chi connectivity index (χ2n) is 3.74. The fraction of sp³-hybridized carbons (Fsp3) is 0.0714. The molecule has 0 unspecified atom stereocenters. The number of halogens is 3. The lowest BCUT2D eigenvalue weighted by molar-refractivity contribution is -0.137. The van der Waals surface area contributed by atoms with Gasteiger partial charge in [0.05, 0.1) is 17.2 Å². The minimum Gasteiger partial charge on any atom is -0.192 e. The number of hydrogen-bond acceptors (Lipinski definition) is 1.